The van der Waals surface area contributed by atoms with Gasteiger partial charge in [-0.15, -0.1) is 0 Å². The molecule has 40 heavy (non-hydrogen) atoms. The van der Waals surface area contributed by atoms with Crippen molar-refractivity contribution in [2.24, 2.45) is 16.9 Å². The molecule has 1 aromatic carbocycles. The number of ether oxygens (including phenoxy) is 2. The number of aromatic nitrogens is 1. The van der Waals surface area contributed by atoms with Crippen LogP contribution in [-0.2, 0) is 43.7 Å². The van der Waals surface area contributed by atoms with E-state index in [9.17, 15) is 18.0 Å². The van der Waals surface area contributed by atoms with E-state index in [1.807, 2.05) is 18.4 Å². The molecule has 1 saturated carbocycles. The van der Waals surface area contributed by atoms with Crippen molar-refractivity contribution in [3.8, 4) is 5.69 Å². The zero-order valence-corrected chi connectivity index (χ0v) is 23.7. The van der Waals surface area contributed by atoms with Crippen LogP contribution in [0.2, 0.25) is 0 Å². The summed E-state index contributed by atoms with van der Waals surface area (Å²) in [5.41, 5.74) is 12.9. The molecule has 5 N–H and O–H groups in total. The van der Waals surface area contributed by atoms with E-state index in [-0.39, 0.29) is 48.9 Å². The molecule has 218 valence electrons. The van der Waals surface area contributed by atoms with Crippen molar-refractivity contribution in [3.05, 3.63) is 40.5 Å². The number of rotatable bonds is 8. The minimum Gasteiger partial charge on any atom is -0.461 e. The van der Waals surface area contributed by atoms with E-state index in [0.29, 0.717) is 72.5 Å². The Morgan fingerprint density at radius 3 is 2.48 bits per heavy atom. The lowest BCUT2D eigenvalue weighted by Crippen LogP contribution is -2.37. The number of sulfone groups is 1. The number of esters is 1. The molecular weight excluding hydrogens is 539 g/mol. The summed E-state index contributed by atoms with van der Waals surface area (Å²) >= 11 is 0. The molecule has 1 aromatic heterocycles. The van der Waals surface area contributed by atoms with Gasteiger partial charge in [-0.3, -0.25) is 9.59 Å². The van der Waals surface area contributed by atoms with Gasteiger partial charge < -0.3 is 30.8 Å². The Kier molecular flexibility index (Phi) is 7.71. The van der Waals surface area contributed by atoms with Crippen molar-refractivity contribution in [1.82, 2.24) is 4.57 Å². The summed E-state index contributed by atoms with van der Waals surface area (Å²) in [6.45, 7) is 4.21. The molecule has 12 heteroatoms. The molecule has 5 rings (SSSR count). The Morgan fingerprint density at radius 2 is 1.85 bits per heavy atom. The first-order valence-electron chi connectivity index (χ1n) is 13.9. The number of amides is 1. The number of hydrogen-bond donors (Lipinski definition) is 3. The van der Waals surface area contributed by atoms with E-state index < -0.39 is 32.9 Å². The number of nitrogens with two attached hydrogens (primary N) is 2. The molecule has 2 aromatic rings. The molecule has 2 aliphatic heterocycles. The highest BCUT2D eigenvalue weighted by Crippen LogP contribution is 2.47. The first-order valence-corrected chi connectivity index (χ1v) is 15.5. The molecule has 3 aliphatic rings. The summed E-state index contributed by atoms with van der Waals surface area (Å²) < 4.78 is 55.6. The number of fused-ring (bicyclic) bond motifs is 3. The standard InChI is InChI=1S/C28H37FN4O6S/c1-3-28(4-2)11-22-26(40(36,37)15-28)19-13-38-14-23(19)33(22)17-9-20(29)25(27(31)35)21(10-17)32-16-5-7-18(8-6-16)39-24(34)12-30/h9-10,16,18,32H,3-8,11-15,30H2,1-2H3,(H2,31,35)/t16-,18-. The average molecular weight is 577 g/mol. The molecule has 1 fully saturated rings. The molecule has 0 unspecified atom stereocenters. The van der Waals surface area contributed by atoms with Gasteiger partial charge in [0.2, 0.25) is 0 Å². The number of primary amides is 1. The van der Waals surface area contributed by atoms with Gasteiger partial charge in [0.05, 0.1) is 53.0 Å². The zero-order valence-electron chi connectivity index (χ0n) is 22.9. The third-order valence-corrected chi connectivity index (χ3v) is 10.9. The Hall–Kier alpha value is -2.96. The Labute approximate surface area is 233 Å². The summed E-state index contributed by atoms with van der Waals surface area (Å²) in [6, 6.07) is 2.80. The van der Waals surface area contributed by atoms with Gasteiger partial charge in [-0.1, -0.05) is 13.8 Å². The fraction of sp³-hybridized carbons (Fsp3) is 0.571. The zero-order chi connectivity index (χ0) is 28.8. The van der Waals surface area contributed by atoms with E-state index >= 15 is 4.39 Å². The van der Waals surface area contributed by atoms with Crippen molar-refractivity contribution >= 4 is 27.4 Å². The van der Waals surface area contributed by atoms with Crippen molar-refractivity contribution < 1.29 is 31.9 Å². The van der Waals surface area contributed by atoms with Gasteiger partial charge in [-0.05, 0) is 62.5 Å². The number of nitrogens with one attached hydrogen (secondary N) is 1. The Bertz CT molecular complexity index is 1440. The number of halogens is 1. The molecule has 3 heterocycles. The molecule has 1 amide bonds. The number of nitrogens with zero attached hydrogens (tertiary/aromatic N) is 1. The fourth-order valence-corrected chi connectivity index (χ4v) is 9.08. The summed E-state index contributed by atoms with van der Waals surface area (Å²) in [4.78, 5) is 24.2. The van der Waals surface area contributed by atoms with Crippen LogP contribution in [0.15, 0.2) is 17.0 Å². The first-order chi connectivity index (χ1) is 19.0. The van der Waals surface area contributed by atoms with Crippen LogP contribution < -0.4 is 16.8 Å². The van der Waals surface area contributed by atoms with Crippen LogP contribution in [0.4, 0.5) is 10.1 Å². The van der Waals surface area contributed by atoms with Crippen LogP contribution in [0.5, 0.6) is 0 Å². The maximum absolute atomic E-state index is 15.6. The number of hydrogen-bond acceptors (Lipinski definition) is 8. The highest BCUT2D eigenvalue weighted by molar-refractivity contribution is 7.91. The predicted octanol–water partition coefficient (Wildman–Crippen LogP) is 3.11. The summed E-state index contributed by atoms with van der Waals surface area (Å²) in [6.07, 6.45) is 4.14. The Morgan fingerprint density at radius 1 is 1.15 bits per heavy atom. The second kappa shape index (κ2) is 10.8. The summed E-state index contributed by atoms with van der Waals surface area (Å²) in [7, 11) is -3.59. The van der Waals surface area contributed by atoms with E-state index in [2.05, 4.69) is 5.32 Å². The number of benzene rings is 1. The van der Waals surface area contributed by atoms with E-state index in [1.165, 1.54) is 6.07 Å². The van der Waals surface area contributed by atoms with Crippen molar-refractivity contribution in [3.63, 3.8) is 0 Å². The summed E-state index contributed by atoms with van der Waals surface area (Å²) in [5.74, 6) is -2.07. The molecule has 0 spiro atoms. The molecule has 10 nitrogen and oxygen atoms in total. The number of anilines is 1. The van der Waals surface area contributed by atoms with Gasteiger partial charge in [0.15, 0.2) is 9.84 Å². The summed E-state index contributed by atoms with van der Waals surface area (Å²) in [5, 5.41) is 3.30. The minimum absolute atomic E-state index is 0.0709. The number of carbonyl (C=O) groups is 2. The lowest BCUT2D eigenvalue weighted by atomic mass is 9.79. The van der Waals surface area contributed by atoms with Crippen molar-refractivity contribution in [2.45, 2.75) is 89.0 Å². The van der Waals surface area contributed by atoms with Crippen molar-refractivity contribution in [2.75, 3.05) is 17.6 Å². The van der Waals surface area contributed by atoms with Crippen molar-refractivity contribution in [1.29, 1.82) is 0 Å². The second-order valence-electron chi connectivity index (χ2n) is 11.2. The molecular formula is C28H37FN4O6S. The van der Waals surface area contributed by atoms with E-state index in [1.54, 1.807) is 6.07 Å². The topological polar surface area (TPSA) is 156 Å². The number of carbonyl (C=O) groups excluding carboxylic acids is 2. The van der Waals surface area contributed by atoms with Crippen LogP contribution in [0, 0.1) is 11.2 Å². The normalized spacial score (nSPS) is 22.8. The molecule has 0 radical (unpaired) electrons. The molecule has 0 saturated heterocycles. The maximum Gasteiger partial charge on any atom is 0.319 e. The highest BCUT2D eigenvalue weighted by Gasteiger charge is 2.45. The quantitative estimate of drug-likeness (QED) is 0.405. The SMILES string of the molecule is CCC1(CC)Cc2c(c3c(n2-c2cc(F)c(C(N)=O)c(N[C@H]4CC[C@H](OC(=O)CN)CC4)c2)COC3)S(=O)(=O)C1. The smallest absolute Gasteiger partial charge is 0.319 e. The van der Waals surface area contributed by atoms with Gasteiger partial charge in [0.1, 0.15) is 11.9 Å². The lowest BCUT2D eigenvalue weighted by molar-refractivity contribution is -0.148. The third-order valence-electron chi connectivity index (χ3n) is 8.84. The fourth-order valence-electron chi connectivity index (χ4n) is 6.54. The van der Waals surface area contributed by atoms with Crippen LogP contribution in [0.25, 0.3) is 5.69 Å². The average Bonchev–Trinajstić information content (AvgIpc) is 3.48. The third kappa shape index (κ3) is 5.01. The van der Waals surface area contributed by atoms with Gasteiger partial charge in [-0.2, -0.15) is 0 Å². The van der Waals surface area contributed by atoms with Gasteiger partial charge in [0, 0.05) is 17.3 Å². The largest absolute Gasteiger partial charge is 0.461 e. The van der Waals surface area contributed by atoms with Crippen LogP contribution >= 0.6 is 0 Å². The van der Waals surface area contributed by atoms with Gasteiger partial charge >= 0.3 is 5.97 Å². The maximum atomic E-state index is 15.6. The van der Waals surface area contributed by atoms with E-state index in [4.69, 9.17) is 20.9 Å². The van der Waals surface area contributed by atoms with Gasteiger partial charge in [0.25, 0.3) is 5.91 Å². The van der Waals surface area contributed by atoms with Gasteiger partial charge in [-0.25, -0.2) is 12.8 Å². The second-order valence-corrected chi connectivity index (χ2v) is 13.1. The molecule has 1 aliphatic carbocycles. The molecule has 0 bridgehead atoms. The predicted molar refractivity (Wildman–Crippen MR) is 146 cm³/mol. The van der Waals surface area contributed by atoms with E-state index in [0.717, 1.165) is 0 Å². The molecule has 0 atom stereocenters. The Balaban J connectivity index is 1.55. The monoisotopic (exact) mass is 576 g/mol. The first kappa shape index (κ1) is 28.6. The minimum atomic E-state index is -3.59. The van der Waals surface area contributed by atoms with Crippen LogP contribution in [0.1, 0.15) is 79.7 Å². The van der Waals surface area contributed by atoms with Crippen LogP contribution in [-0.4, -0.2) is 49.3 Å². The van der Waals surface area contributed by atoms with Crippen LogP contribution in [0.3, 0.4) is 0 Å². The lowest BCUT2D eigenvalue weighted by Gasteiger charge is -2.36. The highest BCUT2D eigenvalue weighted by atomic mass is 32.2.